The van der Waals surface area contributed by atoms with E-state index >= 15 is 0 Å². The SMILES string of the molecule is Cc1cccc(C2CCN(C(=O)c3cc(C(C)C)n[nH]3)C2)n1.O=S(=O)(O)C(F)(F)F. The number of hydrogen-bond acceptors (Lipinski definition) is 5. The molecule has 0 spiro atoms. The molecule has 1 fully saturated rings. The highest BCUT2D eigenvalue weighted by Crippen LogP contribution is 2.27. The highest BCUT2D eigenvalue weighted by atomic mass is 32.2. The summed E-state index contributed by atoms with van der Waals surface area (Å²) < 4.78 is 57.5. The molecular formula is C18H23F3N4O4S. The standard InChI is InChI=1S/C17H22N4O.CHF3O3S/c1-11(2)15-9-16(20-19-15)17(22)21-8-7-13(10-21)14-6-4-5-12(3)18-14;2-1(3,4)8(5,6)7/h4-6,9,11,13H,7-8,10H2,1-3H3,(H,19,20);(H,5,6,7). The maximum Gasteiger partial charge on any atom is 0.522 e. The Balaban J connectivity index is 0.000000343. The number of nitrogens with zero attached hydrogens (tertiary/aromatic N) is 3. The summed E-state index contributed by atoms with van der Waals surface area (Å²) in [6.45, 7) is 7.64. The Morgan fingerprint density at radius 3 is 2.47 bits per heavy atom. The minimum absolute atomic E-state index is 0.0366. The Bertz CT molecular complexity index is 989. The van der Waals surface area contributed by atoms with Gasteiger partial charge in [0.25, 0.3) is 5.91 Å². The Morgan fingerprint density at radius 2 is 1.97 bits per heavy atom. The van der Waals surface area contributed by atoms with Gasteiger partial charge in [0.05, 0.1) is 5.69 Å². The highest BCUT2D eigenvalue weighted by molar-refractivity contribution is 7.86. The molecule has 1 amide bonds. The molecule has 12 heteroatoms. The predicted molar refractivity (Wildman–Crippen MR) is 103 cm³/mol. The predicted octanol–water partition coefficient (Wildman–Crippen LogP) is 3.26. The van der Waals surface area contributed by atoms with Crippen LogP contribution in [0.15, 0.2) is 24.3 Å². The topological polar surface area (TPSA) is 116 Å². The molecule has 1 saturated heterocycles. The number of amides is 1. The number of aromatic nitrogens is 3. The number of likely N-dealkylation sites (tertiary alicyclic amines) is 1. The van der Waals surface area contributed by atoms with Crippen molar-refractivity contribution in [2.24, 2.45) is 0 Å². The molecule has 0 radical (unpaired) electrons. The van der Waals surface area contributed by atoms with Crippen LogP contribution in [0.25, 0.3) is 0 Å². The van der Waals surface area contributed by atoms with E-state index in [-0.39, 0.29) is 5.91 Å². The number of pyridine rings is 1. The second-order valence-electron chi connectivity index (χ2n) is 7.22. The summed E-state index contributed by atoms with van der Waals surface area (Å²) in [5, 5.41) is 7.08. The number of carbonyl (C=O) groups excluding carboxylic acids is 1. The first-order valence-electron chi connectivity index (χ1n) is 9.11. The molecule has 30 heavy (non-hydrogen) atoms. The number of nitrogens with one attached hydrogen (secondary N) is 1. The molecule has 8 nitrogen and oxygen atoms in total. The summed E-state index contributed by atoms with van der Waals surface area (Å²) in [6, 6.07) is 7.95. The third kappa shape index (κ3) is 6.02. The smallest absolute Gasteiger partial charge is 0.337 e. The molecule has 0 bridgehead atoms. The van der Waals surface area contributed by atoms with Crippen molar-refractivity contribution in [3.05, 3.63) is 47.0 Å². The van der Waals surface area contributed by atoms with Crippen LogP contribution in [0.2, 0.25) is 0 Å². The Kier molecular flexibility index (Phi) is 7.24. The number of aromatic amines is 1. The number of alkyl halides is 3. The van der Waals surface area contributed by atoms with Gasteiger partial charge in [0.15, 0.2) is 0 Å². The minimum Gasteiger partial charge on any atom is -0.337 e. The van der Waals surface area contributed by atoms with Crippen LogP contribution < -0.4 is 0 Å². The average Bonchev–Trinajstić information content (AvgIpc) is 3.30. The third-order valence-electron chi connectivity index (χ3n) is 4.52. The lowest BCUT2D eigenvalue weighted by Crippen LogP contribution is -2.28. The molecule has 0 aromatic carbocycles. The van der Waals surface area contributed by atoms with Crippen molar-refractivity contribution >= 4 is 16.0 Å². The van der Waals surface area contributed by atoms with E-state index < -0.39 is 15.6 Å². The second kappa shape index (κ2) is 9.13. The molecule has 1 unspecified atom stereocenters. The summed E-state index contributed by atoms with van der Waals surface area (Å²) in [5.74, 6) is 0.687. The van der Waals surface area contributed by atoms with Crippen LogP contribution in [0.4, 0.5) is 13.2 Å². The molecule has 2 N–H and O–H groups in total. The number of rotatable bonds is 3. The Hall–Kier alpha value is -2.47. The van der Waals surface area contributed by atoms with Gasteiger partial charge in [-0.15, -0.1) is 0 Å². The van der Waals surface area contributed by atoms with Crippen molar-refractivity contribution in [3.63, 3.8) is 0 Å². The van der Waals surface area contributed by atoms with Crippen molar-refractivity contribution < 1.29 is 30.9 Å². The molecule has 2 aromatic rings. The van der Waals surface area contributed by atoms with E-state index in [1.165, 1.54) is 0 Å². The van der Waals surface area contributed by atoms with Crippen molar-refractivity contribution in [2.75, 3.05) is 13.1 Å². The third-order valence-corrected chi connectivity index (χ3v) is 5.10. The van der Waals surface area contributed by atoms with Gasteiger partial charge < -0.3 is 4.90 Å². The molecular weight excluding hydrogens is 425 g/mol. The van der Waals surface area contributed by atoms with Crippen LogP contribution in [-0.4, -0.2) is 57.6 Å². The summed E-state index contributed by atoms with van der Waals surface area (Å²) in [4.78, 5) is 19.0. The summed E-state index contributed by atoms with van der Waals surface area (Å²) >= 11 is 0. The lowest BCUT2D eigenvalue weighted by molar-refractivity contribution is -0.0510. The molecule has 3 rings (SSSR count). The first-order chi connectivity index (χ1) is 13.8. The van der Waals surface area contributed by atoms with E-state index in [1.54, 1.807) is 0 Å². The van der Waals surface area contributed by atoms with Gasteiger partial charge in [-0.3, -0.25) is 19.4 Å². The van der Waals surface area contributed by atoms with E-state index in [9.17, 15) is 18.0 Å². The molecule has 0 aliphatic carbocycles. The molecule has 1 aliphatic rings. The van der Waals surface area contributed by atoms with Crippen LogP contribution in [0.5, 0.6) is 0 Å². The van der Waals surface area contributed by atoms with Crippen molar-refractivity contribution in [1.82, 2.24) is 20.1 Å². The molecule has 3 heterocycles. The number of halogens is 3. The van der Waals surface area contributed by atoms with Crippen molar-refractivity contribution in [1.29, 1.82) is 0 Å². The monoisotopic (exact) mass is 448 g/mol. The van der Waals surface area contributed by atoms with Crippen LogP contribution in [-0.2, 0) is 10.1 Å². The van der Waals surface area contributed by atoms with Gasteiger partial charge >= 0.3 is 15.6 Å². The molecule has 1 atom stereocenters. The van der Waals surface area contributed by atoms with Crippen LogP contribution in [0.1, 0.15) is 59.7 Å². The van der Waals surface area contributed by atoms with Crippen molar-refractivity contribution in [2.45, 2.75) is 44.5 Å². The first-order valence-corrected chi connectivity index (χ1v) is 10.6. The number of H-pyrrole nitrogens is 1. The summed E-state index contributed by atoms with van der Waals surface area (Å²) in [7, 11) is -5.84. The Morgan fingerprint density at radius 1 is 1.33 bits per heavy atom. The highest BCUT2D eigenvalue weighted by Gasteiger charge is 2.44. The van der Waals surface area contributed by atoms with E-state index in [1.807, 2.05) is 30.0 Å². The largest absolute Gasteiger partial charge is 0.522 e. The van der Waals surface area contributed by atoms with Gasteiger partial charge in [0.2, 0.25) is 0 Å². The molecule has 2 aromatic heterocycles. The van der Waals surface area contributed by atoms with E-state index in [0.717, 1.165) is 36.6 Å². The van der Waals surface area contributed by atoms with Gasteiger partial charge in [-0.05, 0) is 37.5 Å². The van der Waals surface area contributed by atoms with E-state index in [4.69, 9.17) is 13.0 Å². The summed E-state index contributed by atoms with van der Waals surface area (Å²) in [5.41, 5.74) is -1.91. The maximum absolute atomic E-state index is 12.6. The lowest BCUT2D eigenvalue weighted by Gasteiger charge is -2.15. The van der Waals surface area contributed by atoms with Gasteiger partial charge in [-0.1, -0.05) is 19.9 Å². The van der Waals surface area contributed by atoms with Crippen LogP contribution >= 0.6 is 0 Å². The fourth-order valence-electron chi connectivity index (χ4n) is 2.89. The van der Waals surface area contributed by atoms with Crippen molar-refractivity contribution in [3.8, 4) is 0 Å². The maximum atomic E-state index is 12.6. The molecule has 166 valence electrons. The molecule has 0 saturated carbocycles. The molecule has 1 aliphatic heterocycles. The average molecular weight is 448 g/mol. The summed E-state index contributed by atoms with van der Waals surface area (Å²) in [6.07, 6.45) is 0.966. The quantitative estimate of drug-likeness (QED) is 0.550. The minimum atomic E-state index is -5.84. The zero-order valence-corrected chi connectivity index (χ0v) is 17.5. The van der Waals surface area contributed by atoms with E-state index in [2.05, 4.69) is 35.1 Å². The lowest BCUT2D eigenvalue weighted by atomic mass is 10.0. The second-order valence-corrected chi connectivity index (χ2v) is 8.64. The van der Waals surface area contributed by atoms with Gasteiger partial charge in [-0.25, -0.2) is 0 Å². The van der Waals surface area contributed by atoms with Gasteiger partial charge in [-0.2, -0.15) is 26.7 Å². The number of hydrogen-bond donors (Lipinski definition) is 2. The normalized spacial score (nSPS) is 17.1. The zero-order chi connectivity index (χ0) is 22.7. The zero-order valence-electron chi connectivity index (χ0n) is 16.6. The number of aryl methyl sites for hydroxylation is 1. The van der Waals surface area contributed by atoms with E-state index in [0.29, 0.717) is 17.5 Å². The fourth-order valence-corrected chi connectivity index (χ4v) is 2.89. The number of carbonyl (C=O) groups is 1. The first kappa shape index (κ1) is 23.8. The van der Waals surface area contributed by atoms with Crippen LogP contribution in [0.3, 0.4) is 0 Å². The Labute approximate surface area is 172 Å². The van der Waals surface area contributed by atoms with Gasteiger partial charge in [0.1, 0.15) is 5.69 Å². The van der Waals surface area contributed by atoms with Gasteiger partial charge in [0, 0.05) is 30.4 Å². The fraction of sp³-hybridized carbons (Fsp3) is 0.500. The van der Waals surface area contributed by atoms with Crippen LogP contribution in [0, 0.1) is 6.92 Å².